The summed E-state index contributed by atoms with van der Waals surface area (Å²) in [6.07, 6.45) is -0.412. The third-order valence-electron chi connectivity index (χ3n) is 8.34. The second kappa shape index (κ2) is 13.9. The van der Waals surface area contributed by atoms with Crippen LogP contribution in [0.1, 0.15) is 69.2 Å². The van der Waals surface area contributed by atoms with Gasteiger partial charge in [-0.05, 0) is 43.2 Å². The average molecular weight is 588 g/mol. The van der Waals surface area contributed by atoms with Crippen LogP contribution in [0, 0.1) is 11.3 Å². The lowest BCUT2D eigenvalue weighted by Crippen LogP contribution is -2.52. The van der Waals surface area contributed by atoms with E-state index in [1.165, 1.54) is 0 Å². The van der Waals surface area contributed by atoms with Crippen molar-refractivity contribution in [3.8, 4) is 0 Å². The van der Waals surface area contributed by atoms with Gasteiger partial charge >= 0.3 is 18.1 Å². The smallest absolute Gasteiger partial charge is 0.417 e. The van der Waals surface area contributed by atoms with Gasteiger partial charge < -0.3 is 29.9 Å². The summed E-state index contributed by atoms with van der Waals surface area (Å²) in [7, 11) is 1.69. The molecular weight excluding hydrogens is 547 g/mol. The highest BCUT2D eigenvalue weighted by atomic mass is 19.4. The van der Waals surface area contributed by atoms with Gasteiger partial charge in [-0.3, -0.25) is 19.4 Å². The molecule has 1 amide bonds. The lowest BCUT2D eigenvalue weighted by molar-refractivity contribution is -0.146. The molecule has 0 aromatic carbocycles. The molecule has 2 aliphatic heterocycles. The molecule has 4 rings (SSSR count). The van der Waals surface area contributed by atoms with Gasteiger partial charge in [0, 0.05) is 57.2 Å². The molecule has 3 aliphatic rings. The fourth-order valence-electron chi connectivity index (χ4n) is 5.90. The summed E-state index contributed by atoms with van der Waals surface area (Å²) >= 11 is 0. The summed E-state index contributed by atoms with van der Waals surface area (Å²) in [5.41, 5.74) is -0.121. The van der Waals surface area contributed by atoms with Gasteiger partial charge in [-0.15, -0.1) is 0 Å². The third kappa shape index (κ3) is 8.39. The summed E-state index contributed by atoms with van der Waals surface area (Å²) in [5, 5.41) is 19.5. The molecule has 0 unspecified atom stereocenters. The number of pyridine rings is 1. The molecule has 41 heavy (non-hydrogen) atoms. The topological polar surface area (TPSA) is 138 Å². The number of nitrogens with zero attached hydrogens (tertiary/aromatic N) is 2. The number of carboxylic acids is 2. The van der Waals surface area contributed by atoms with E-state index < -0.39 is 29.1 Å². The zero-order valence-corrected chi connectivity index (χ0v) is 23.7. The number of carboxylic acid groups (broad SMARTS) is 2. The van der Waals surface area contributed by atoms with E-state index in [-0.39, 0.29) is 49.4 Å². The lowest BCUT2D eigenvalue weighted by atomic mass is 9.74. The van der Waals surface area contributed by atoms with Crippen molar-refractivity contribution in [1.29, 1.82) is 0 Å². The number of hydrogen-bond donors (Lipinski definition) is 3. The highest BCUT2D eigenvalue weighted by Gasteiger charge is 2.50. The van der Waals surface area contributed by atoms with Gasteiger partial charge in [-0.2, -0.15) is 13.2 Å². The van der Waals surface area contributed by atoms with Crippen molar-refractivity contribution in [1.82, 2.24) is 15.2 Å². The maximum atomic E-state index is 13.8. The molecule has 1 aliphatic carbocycles. The monoisotopic (exact) mass is 587 g/mol. The summed E-state index contributed by atoms with van der Waals surface area (Å²) in [4.78, 5) is 38.9. The minimum atomic E-state index is -4.44. The van der Waals surface area contributed by atoms with Crippen molar-refractivity contribution in [2.75, 3.05) is 26.9 Å². The van der Waals surface area contributed by atoms with Gasteiger partial charge in [0.1, 0.15) is 0 Å². The number of aromatic nitrogens is 1. The summed E-state index contributed by atoms with van der Waals surface area (Å²) in [6, 6.07) is 1.55. The first-order valence-electron chi connectivity index (χ1n) is 13.9. The Morgan fingerprint density at radius 1 is 1.22 bits per heavy atom. The van der Waals surface area contributed by atoms with E-state index in [4.69, 9.17) is 19.7 Å². The average Bonchev–Trinajstić information content (AvgIpc) is 3.36. The molecule has 0 bridgehead atoms. The number of halogens is 3. The highest BCUT2D eigenvalue weighted by Crippen LogP contribution is 2.47. The van der Waals surface area contributed by atoms with E-state index in [2.05, 4.69) is 24.1 Å². The van der Waals surface area contributed by atoms with Crippen molar-refractivity contribution in [3.05, 3.63) is 29.1 Å². The van der Waals surface area contributed by atoms with Crippen LogP contribution in [-0.4, -0.2) is 83.0 Å². The minimum absolute atomic E-state index is 0.00238. The number of aliphatic carboxylic acids is 2. The van der Waals surface area contributed by atoms with Gasteiger partial charge in [0.25, 0.3) is 0 Å². The Bertz CT molecular complexity index is 1070. The van der Waals surface area contributed by atoms with E-state index >= 15 is 0 Å². The molecule has 0 radical (unpaired) electrons. The zero-order valence-electron chi connectivity index (χ0n) is 23.7. The quantitative estimate of drug-likeness (QED) is 0.417. The summed E-state index contributed by atoms with van der Waals surface area (Å²) < 4.78 is 50.6. The number of fused-ring (bicyclic) bond motifs is 1. The number of ether oxygens (including phenoxy) is 2. The molecule has 0 spiro atoms. The van der Waals surface area contributed by atoms with Crippen LogP contribution >= 0.6 is 0 Å². The maximum absolute atomic E-state index is 13.8. The fraction of sp³-hybridized carbons (Fsp3) is 0.714. The van der Waals surface area contributed by atoms with E-state index in [1.807, 2.05) is 0 Å². The summed E-state index contributed by atoms with van der Waals surface area (Å²) in [6.45, 7) is 6.09. The highest BCUT2D eigenvalue weighted by molar-refractivity contribution is 5.84. The van der Waals surface area contributed by atoms with Crippen LogP contribution in [0.15, 0.2) is 12.3 Å². The number of rotatable bonds is 8. The van der Waals surface area contributed by atoms with Crippen LogP contribution in [-0.2, 0) is 43.0 Å². The predicted molar refractivity (Wildman–Crippen MR) is 141 cm³/mol. The SMILES string of the molecule is CO[C@@H]1COCC[C@@H]1N[C@H]1CC[C@](C(=O)N2CCc3ncc(C(F)(F)F)cc3C2)(C(C)C)C1.O=C(O)CCC(=O)O. The lowest BCUT2D eigenvalue weighted by Gasteiger charge is -2.40. The van der Waals surface area contributed by atoms with Gasteiger partial charge in [-0.1, -0.05) is 13.8 Å². The molecule has 1 aromatic rings. The molecule has 1 aromatic heterocycles. The molecule has 1 saturated heterocycles. The Balaban J connectivity index is 0.000000507. The maximum Gasteiger partial charge on any atom is 0.417 e. The van der Waals surface area contributed by atoms with E-state index in [0.717, 1.165) is 37.9 Å². The Kier molecular flexibility index (Phi) is 11.1. The van der Waals surface area contributed by atoms with Crippen molar-refractivity contribution in [2.24, 2.45) is 11.3 Å². The molecule has 3 heterocycles. The van der Waals surface area contributed by atoms with Crippen molar-refractivity contribution >= 4 is 17.8 Å². The van der Waals surface area contributed by atoms with Crippen LogP contribution in [0.4, 0.5) is 13.2 Å². The molecule has 13 heteroatoms. The van der Waals surface area contributed by atoms with Crippen LogP contribution in [0.2, 0.25) is 0 Å². The number of alkyl halides is 3. The molecule has 4 atom stereocenters. The third-order valence-corrected chi connectivity index (χ3v) is 8.34. The van der Waals surface area contributed by atoms with Gasteiger partial charge in [-0.25, -0.2) is 0 Å². The molecular formula is C28H40F3N3O7. The molecule has 230 valence electrons. The number of methoxy groups -OCH3 is 1. The summed E-state index contributed by atoms with van der Waals surface area (Å²) in [5.74, 6) is -1.97. The first-order valence-corrected chi connectivity index (χ1v) is 13.9. The predicted octanol–water partition coefficient (Wildman–Crippen LogP) is 3.51. The van der Waals surface area contributed by atoms with Crippen molar-refractivity contribution < 1.29 is 47.2 Å². The number of carbonyl (C=O) groups excluding carboxylic acids is 1. The zero-order chi connectivity index (χ0) is 30.4. The Labute approximate surface area is 237 Å². The Hall–Kier alpha value is -2.77. The number of carbonyl (C=O) groups is 3. The van der Waals surface area contributed by atoms with Crippen molar-refractivity contribution in [2.45, 2.75) is 89.7 Å². The standard InChI is InChI=1S/C24H34F3N3O3.C4H6O4/c1-15(2)23(7-4-18(11-23)29-20-6-9-33-14-21(20)32-3)22(31)30-8-5-19-16(13-30)10-17(12-28-19)24(25,26)27;5-3(6)1-2-4(7)8/h10,12,15,18,20-21,29H,4-9,11,13-14H2,1-3H3;1-2H2,(H,5,6)(H,7,8)/t18-,20-,21+,23+;/m0./s1. The minimum Gasteiger partial charge on any atom is -0.481 e. The normalized spacial score (nSPS) is 26.2. The molecule has 10 nitrogen and oxygen atoms in total. The van der Waals surface area contributed by atoms with Crippen LogP contribution < -0.4 is 5.32 Å². The second-order valence-electron chi connectivity index (χ2n) is 11.3. The fourth-order valence-corrected chi connectivity index (χ4v) is 5.90. The molecule has 1 saturated carbocycles. The van der Waals surface area contributed by atoms with Crippen molar-refractivity contribution in [3.63, 3.8) is 0 Å². The van der Waals surface area contributed by atoms with Gasteiger partial charge in [0.2, 0.25) is 5.91 Å². The molecule has 3 N–H and O–H groups in total. The van der Waals surface area contributed by atoms with E-state index in [1.54, 1.807) is 12.0 Å². The number of hydrogen-bond acceptors (Lipinski definition) is 7. The Morgan fingerprint density at radius 2 is 1.90 bits per heavy atom. The van der Waals surface area contributed by atoms with Crippen LogP contribution in [0.3, 0.4) is 0 Å². The van der Waals surface area contributed by atoms with Gasteiger partial charge in [0.15, 0.2) is 0 Å². The van der Waals surface area contributed by atoms with Crippen LogP contribution in [0.25, 0.3) is 0 Å². The van der Waals surface area contributed by atoms with E-state index in [0.29, 0.717) is 37.4 Å². The van der Waals surface area contributed by atoms with Crippen LogP contribution in [0.5, 0.6) is 0 Å². The Morgan fingerprint density at radius 3 is 2.49 bits per heavy atom. The first-order chi connectivity index (χ1) is 19.3. The largest absolute Gasteiger partial charge is 0.481 e. The first kappa shape index (κ1) is 32.7. The number of nitrogens with one attached hydrogen (secondary N) is 1. The second-order valence-corrected chi connectivity index (χ2v) is 11.3. The molecule has 2 fully saturated rings. The van der Waals surface area contributed by atoms with Gasteiger partial charge in [0.05, 0.1) is 36.5 Å². The number of amides is 1. The van der Waals surface area contributed by atoms with E-state index in [9.17, 15) is 27.6 Å².